The maximum Gasteiger partial charge on any atom is 0.250 e. The van der Waals surface area contributed by atoms with Crippen LogP contribution < -0.4 is 10.6 Å². The Morgan fingerprint density at radius 3 is 2.65 bits per heavy atom. The van der Waals surface area contributed by atoms with Gasteiger partial charge in [0.1, 0.15) is 0 Å². The van der Waals surface area contributed by atoms with Crippen molar-refractivity contribution >= 4 is 68.9 Å². The molecule has 0 saturated heterocycles. The second-order valence-electron chi connectivity index (χ2n) is 3.80. The predicted molar refractivity (Wildman–Crippen MR) is 96.9 cm³/mol. The molecule has 0 aliphatic carbocycles. The van der Waals surface area contributed by atoms with Crippen LogP contribution in [-0.4, -0.2) is 11.0 Å². The minimum absolute atomic E-state index is 0.249. The Balaban J connectivity index is 1.85. The first-order chi connectivity index (χ1) is 9.63. The summed E-state index contributed by atoms with van der Waals surface area (Å²) in [4.78, 5) is 12.7. The SMILES string of the molecule is O=C(C=Cc1cccs1)NC(=S)Nc1ccc(I)cc1. The Hall–Kier alpha value is -1.25. The summed E-state index contributed by atoms with van der Waals surface area (Å²) in [5.74, 6) is -0.249. The molecule has 102 valence electrons. The molecule has 2 N–H and O–H groups in total. The fourth-order valence-corrected chi connectivity index (χ4v) is 2.59. The van der Waals surface area contributed by atoms with Crippen molar-refractivity contribution in [3.63, 3.8) is 0 Å². The molecule has 1 amide bonds. The zero-order chi connectivity index (χ0) is 14.4. The molecule has 6 heteroatoms. The number of benzene rings is 1. The van der Waals surface area contributed by atoms with Crippen LogP contribution in [0.3, 0.4) is 0 Å². The molecule has 0 fully saturated rings. The lowest BCUT2D eigenvalue weighted by atomic mass is 10.3. The van der Waals surface area contributed by atoms with E-state index in [1.54, 1.807) is 17.4 Å². The molecule has 2 aromatic rings. The van der Waals surface area contributed by atoms with Gasteiger partial charge in [-0.1, -0.05) is 6.07 Å². The molecule has 0 aliphatic rings. The van der Waals surface area contributed by atoms with Gasteiger partial charge in [0.15, 0.2) is 5.11 Å². The summed E-state index contributed by atoms with van der Waals surface area (Å²) in [5, 5.41) is 7.80. The summed E-state index contributed by atoms with van der Waals surface area (Å²) in [6, 6.07) is 11.6. The number of amides is 1. The number of hydrogen-bond donors (Lipinski definition) is 2. The lowest BCUT2D eigenvalue weighted by Gasteiger charge is -2.07. The molecule has 0 saturated carbocycles. The number of halogens is 1. The maximum atomic E-state index is 11.7. The van der Waals surface area contributed by atoms with Gasteiger partial charge in [-0.15, -0.1) is 11.3 Å². The molecule has 0 aliphatic heterocycles. The maximum absolute atomic E-state index is 11.7. The number of thiophene rings is 1. The standard InChI is InChI=1S/C14H11IN2OS2/c15-10-3-5-11(6-4-10)16-14(19)17-13(18)8-7-12-2-1-9-20-12/h1-9H,(H2,16,17,18,19). The second kappa shape index (κ2) is 7.51. The van der Waals surface area contributed by atoms with Gasteiger partial charge >= 0.3 is 0 Å². The average Bonchev–Trinajstić information content (AvgIpc) is 2.92. The highest BCUT2D eigenvalue weighted by molar-refractivity contribution is 14.1. The zero-order valence-corrected chi connectivity index (χ0v) is 14.1. The van der Waals surface area contributed by atoms with Crippen LogP contribution in [0.4, 0.5) is 5.69 Å². The van der Waals surface area contributed by atoms with Crippen molar-refractivity contribution in [1.82, 2.24) is 5.32 Å². The van der Waals surface area contributed by atoms with Crippen molar-refractivity contribution in [2.45, 2.75) is 0 Å². The molecular weight excluding hydrogens is 403 g/mol. The summed E-state index contributed by atoms with van der Waals surface area (Å²) in [5.41, 5.74) is 0.845. The molecule has 0 unspecified atom stereocenters. The van der Waals surface area contributed by atoms with E-state index in [1.165, 1.54) is 6.08 Å². The first-order valence-corrected chi connectivity index (χ1v) is 8.09. The number of rotatable bonds is 3. The van der Waals surface area contributed by atoms with E-state index in [-0.39, 0.29) is 11.0 Å². The van der Waals surface area contributed by atoms with E-state index in [0.717, 1.165) is 14.1 Å². The quantitative estimate of drug-likeness (QED) is 0.455. The Morgan fingerprint density at radius 2 is 2.00 bits per heavy atom. The van der Waals surface area contributed by atoms with Gasteiger partial charge in [0.05, 0.1) is 0 Å². The van der Waals surface area contributed by atoms with E-state index in [0.29, 0.717) is 0 Å². The van der Waals surface area contributed by atoms with Crippen molar-refractivity contribution in [3.05, 3.63) is 56.3 Å². The van der Waals surface area contributed by atoms with Gasteiger partial charge in [-0.2, -0.15) is 0 Å². The van der Waals surface area contributed by atoms with Crippen LogP contribution >= 0.6 is 46.1 Å². The summed E-state index contributed by atoms with van der Waals surface area (Å²) in [7, 11) is 0. The van der Waals surface area contributed by atoms with Crippen LogP contribution in [0.5, 0.6) is 0 Å². The number of carbonyl (C=O) groups is 1. The summed E-state index contributed by atoms with van der Waals surface area (Å²) < 4.78 is 1.14. The van der Waals surface area contributed by atoms with Crippen molar-refractivity contribution in [2.24, 2.45) is 0 Å². The van der Waals surface area contributed by atoms with Gasteiger partial charge in [-0.05, 0) is 76.6 Å². The van der Waals surface area contributed by atoms with Crippen molar-refractivity contribution in [3.8, 4) is 0 Å². The third-order valence-corrected chi connectivity index (χ3v) is 4.04. The smallest absolute Gasteiger partial charge is 0.250 e. The van der Waals surface area contributed by atoms with Crippen LogP contribution in [-0.2, 0) is 4.79 Å². The number of anilines is 1. The van der Waals surface area contributed by atoms with Crippen molar-refractivity contribution < 1.29 is 4.79 Å². The number of nitrogens with one attached hydrogen (secondary N) is 2. The highest BCUT2D eigenvalue weighted by atomic mass is 127. The molecule has 1 aromatic heterocycles. The van der Waals surface area contributed by atoms with Gasteiger partial charge < -0.3 is 5.32 Å². The topological polar surface area (TPSA) is 41.1 Å². The first-order valence-electron chi connectivity index (χ1n) is 5.72. The van der Waals surface area contributed by atoms with Gasteiger partial charge in [-0.3, -0.25) is 10.1 Å². The van der Waals surface area contributed by atoms with E-state index in [2.05, 4.69) is 33.2 Å². The number of thiocarbonyl (C=S) groups is 1. The van der Waals surface area contributed by atoms with Gasteiger partial charge in [-0.25, -0.2) is 0 Å². The van der Waals surface area contributed by atoms with Crippen LogP contribution in [0, 0.1) is 3.57 Å². The third-order valence-electron chi connectivity index (χ3n) is 2.28. The third kappa shape index (κ3) is 5.03. The molecule has 1 aromatic carbocycles. The molecule has 0 radical (unpaired) electrons. The molecule has 0 bridgehead atoms. The van der Waals surface area contributed by atoms with E-state index in [1.807, 2.05) is 41.8 Å². The normalized spacial score (nSPS) is 10.4. The molecule has 20 heavy (non-hydrogen) atoms. The minimum atomic E-state index is -0.249. The van der Waals surface area contributed by atoms with Crippen LogP contribution in [0.15, 0.2) is 47.9 Å². The number of hydrogen-bond acceptors (Lipinski definition) is 3. The number of carbonyl (C=O) groups excluding carboxylic acids is 1. The van der Waals surface area contributed by atoms with Crippen LogP contribution in [0.1, 0.15) is 4.88 Å². The van der Waals surface area contributed by atoms with E-state index < -0.39 is 0 Å². The molecule has 0 atom stereocenters. The molecule has 1 heterocycles. The highest BCUT2D eigenvalue weighted by Crippen LogP contribution is 2.11. The largest absolute Gasteiger partial charge is 0.332 e. The molecule has 3 nitrogen and oxygen atoms in total. The summed E-state index contributed by atoms with van der Waals surface area (Å²) >= 11 is 8.88. The monoisotopic (exact) mass is 414 g/mol. The van der Waals surface area contributed by atoms with Crippen LogP contribution in [0.25, 0.3) is 6.08 Å². The van der Waals surface area contributed by atoms with E-state index in [9.17, 15) is 4.79 Å². The Bertz CT molecular complexity index is 621. The minimum Gasteiger partial charge on any atom is -0.332 e. The lowest BCUT2D eigenvalue weighted by Crippen LogP contribution is -2.32. The Labute approximate surface area is 140 Å². The highest BCUT2D eigenvalue weighted by Gasteiger charge is 2.01. The zero-order valence-electron chi connectivity index (χ0n) is 10.3. The molecular formula is C14H11IN2OS2. The predicted octanol–water partition coefficient (Wildman–Crippen LogP) is 3.88. The van der Waals surface area contributed by atoms with Gasteiger partial charge in [0, 0.05) is 20.2 Å². The van der Waals surface area contributed by atoms with Crippen LogP contribution in [0.2, 0.25) is 0 Å². The van der Waals surface area contributed by atoms with E-state index >= 15 is 0 Å². The van der Waals surface area contributed by atoms with E-state index in [4.69, 9.17) is 12.2 Å². The fraction of sp³-hybridized carbons (Fsp3) is 0. The van der Waals surface area contributed by atoms with Gasteiger partial charge in [0.25, 0.3) is 0 Å². The molecule has 2 rings (SSSR count). The van der Waals surface area contributed by atoms with Crippen molar-refractivity contribution in [2.75, 3.05) is 5.32 Å². The fourth-order valence-electron chi connectivity index (χ4n) is 1.39. The first kappa shape index (κ1) is 15.1. The van der Waals surface area contributed by atoms with Crippen molar-refractivity contribution in [1.29, 1.82) is 0 Å². The summed E-state index contributed by atoms with van der Waals surface area (Å²) in [6.07, 6.45) is 3.22. The summed E-state index contributed by atoms with van der Waals surface area (Å²) in [6.45, 7) is 0. The lowest BCUT2D eigenvalue weighted by molar-refractivity contribution is -0.115. The average molecular weight is 414 g/mol. The Morgan fingerprint density at radius 1 is 1.25 bits per heavy atom. The van der Waals surface area contributed by atoms with Gasteiger partial charge in [0.2, 0.25) is 5.91 Å². The molecule has 0 spiro atoms. The second-order valence-corrected chi connectivity index (χ2v) is 6.43. The Kier molecular flexibility index (Phi) is 5.69.